The van der Waals surface area contributed by atoms with Crippen LogP contribution in [0.2, 0.25) is 0 Å². The molecule has 1 saturated heterocycles. The van der Waals surface area contributed by atoms with Gasteiger partial charge in [0.1, 0.15) is 6.04 Å². The highest BCUT2D eigenvalue weighted by Gasteiger charge is 2.34. The van der Waals surface area contributed by atoms with Gasteiger partial charge in [-0.15, -0.1) is 0 Å². The summed E-state index contributed by atoms with van der Waals surface area (Å²) in [5.41, 5.74) is 0.991. The molecule has 0 saturated carbocycles. The Balaban J connectivity index is 1.64. The molecule has 1 aromatic carbocycles. The van der Waals surface area contributed by atoms with Crippen LogP contribution < -0.4 is 5.32 Å². The molecule has 3 rings (SSSR count). The van der Waals surface area contributed by atoms with Crippen LogP contribution in [0.25, 0.3) is 10.9 Å². The number of rotatable bonds is 4. The van der Waals surface area contributed by atoms with Gasteiger partial charge in [0, 0.05) is 38.9 Å². The zero-order valence-corrected chi connectivity index (χ0v) is 15.0. The third-order valence-corrected chi connectivity index (χ3v) is 4.78. The minimum atomic E-state index is -0.638. The SMILES string of the molecule is CNC(=O)[C@@H]1CN(C(=O)CCn2ncc3ccccc32)CCN1C(C)=O. The maximum atomic E-state index is 12.6. The minimum Gasteiger partial charge on any atom is -0.357 e. The molecule has 26 heavy (non-hydrogen) atoms. The molecule has 8 nitrogen and oxygen atoms in total. The van der Waals surface area contributed by atoms with Crippen molar-refractivity contribution in [3.05, 3.63) is 30.5 Å². The first-order valence-corrected chi connectivity index (χ1v) is 8.68. The van der Waals surface area contributed by atoms with Gasteiger partial charge < -0.3 is 15.1 Å². The summed E-state index contributed by atoms with van der Waals surface area (Å²) >= 11 is 0. The average molecular weight is 357 g/mol. The first-order valence-electron chi connectivity index (χ1n) is 8.68. The number of hydrogen-bond acceptors (Lipinski definition) is 4. The summed E-state index contributed by atoms with van der Waals surface area (Å²) in [6.45, 7) is 2.94. The summed E-state index contributed by atoms with van der Waals surface area (Å²) in [6.07, 6.45) is 2.08. The van der Waals surface area contributed by atoms with Crippen molar-refractivity contribution in [1.29, 1.82) is 0 Å². The second kappa shape index (κ2) is 7.55. The number of aromatic nitrogens is 2. The molecule has 1 aliphatic heterocycles. The van der Waals surface area contributed by atoms with Gasteiger partial charge in [-0.05, 0) is 6.07 Å². The molecule has 2 aromatic rings. The van der Waals surface area contributed by atoms with E-state index in [1.54, 1.807) is 11.1 Å². The van der Waals surface area contributed by atoms with Gasteiger partial charge in [-0.3, -0.25) is 19.1 Å². The Bertz CT molecular complexity index is 831. The van der Waals surface area contributed by atoms with Crippen LogP contribution in [0.4, 0.5) is 0 Å². The summed E-state index contributed by atoms with van der Waals surface area (Å²) in [5.74, 6) is -0.453. The molecule has 0 spiro atoms. The number of benzene rings is 1. The van der Waals surface area contributed by atoms with Crippen LogP contribution in [0.3, 0.4) is 0 Å². The molecule has 1 aromatic heterocycles. The lowest BCUT2D eigenvalue weighted by Gasteiger charge is -2.40. The Labute approximate surface area is 151 Å². The van der Waals surface area contributed by atoms with Gasteiger partial charge in [0.15, 0.2) is 0 Å². The van der Waals surface area contributed by atoms with Crippen molar-refractivity contribution in [2.75, 3.05) is 26.7 Å². The van der Waals surface area contributed by atoms with Crippen molar-refractivity contribution in [3.8, 4) is 0 Å². The zero-order valence-electron chi connectivity index (χ0n) is 15.0. The molecular formula is C18H23N5O3. The van der Waals surface area contributed by atoms with Crippen molar-refractivity contribution in [2.24, 2.45) is 0 Å². The van der Waals surface area contributed by atoms with Crippen LogP contribution in [0, 0.1) is 0 Å². The largest absolute Gasteiger partial charge is 0.357 e. The number of para-hydroxylation sites is 1. The fourth-order valence-corrected chi connectivity index (χ4v) is 3.34. The Morgan fingerprint density at radius 2 is 2.00 bits per heavy atom. The maximum Gasteiger partial charge on any atom is 0.244 e. The fourth-order valence-electron chi connectivity index (χ4n) is 3.34. The summed E-state index contributed by atoms with van der Waals surface area (Å²) in [5, 5.41) is 7.94. The summed E-state index contributed by atoms with van der Waals surface area (Å²) < 4.78 is 1.81. The smallest absolute Gasteiger partial charge is 0.244 e. The van der Waals surface area contributed by atoms with E-state index in [9.17, 15) is 14.4 Å². The number of nitrogens with zero attached hydrogens (tertiary/aromatic N) is 4. The number of likely N-dealkylation sites (N-methyl/N-ethyl adjacent to an activating group) is 1. The van der Waals surface area contributed by atoms with Crippen molar-refractivity contribution in [3.63, 3.8) is 0 Å². The fraction of sp³-hybridized carbons (Fsp3) is 0.444. The predicted octanol–water partition coefficient (Wildman–Crippen LogP) is 0.232. The third kappa shape index (κ3) is 3.54. The number of aryl methyl sites for hydroxylation is 1. The van der Waals surface area contributed by atoms with Gasteiger partial charge in [0.05, 0.1) is 24.8 Å². The second-order valence-electron chi connectivity index (χ2n) is 6.36. The van der Waals surface area contributed by atoms with Gasteiger partial charge >= 0.3 is 0 Å². The van der Waals surface area contributed by atoms with E-state index in [4.69, 9.17) is 0 Å². The molecule has 138 valence electrons. The Hall–Kier alpha value is -2.90. The lowest BCUT2D eigenvalue weighted by atomic mass is 10.1. The van der Waals surface area contributed by atoms with E-state index in [-0.39, 0.29) is 24.3 Å². The van der Waals surface area contributed by atoms with Crippen molar-refractivity contribution < 1.29 is 14.4 Å². The molecule has 1 N–H and O–H groups in total. The van der Waals surface area contributed by atoms with Gasteiger partial charge in [-0.1, -0.05) is 18.2 Å². The van der Waals surface area contributed by atoms with E-state index in [0.29, 0.717) is 26.1 Å². The topological polar surface area (TPSA) is 87.5 Å². The van der Waals surface area contributed by atoms with Crippen LogP contribution in [-0.2, 0) is 20.9 Å². The van der Waals surface area contributed by atoms with E-state index in [2.05, 4.69) is 10.4 Å². The lowest BCUT2D eigenvalue weighted by molar-refractivity contribution is -0.147. The number of carbonyl (C=O) groups excluding carboxylic acids is 3. The molecule has 3 amide bonds. The monoisotopic (exact) mass is 357 g/mol. The summed E-state index contributed by atoms with van der Waals surface area (Å²) in [6, 6.07) is 7.21. The van der Waals surface area contributed by atoms with Gasteiger partial charge in [-0.25, -0.2) is 0 Å². The Morgan fingerprint density at radius 1 is 1.23 bits per heavy atom. The van der Waals surface area contributed by atoms with Crippen LogP contribution in [-0.4, -0.2) is 70.0 Å². The van der Waals surface area contributed by atoms with E-state index >= 15 is 0 Å². The molecule has 0 radical (unpaired) electrons. The maximum absolute atomic E-state index is 12.6. The Morgan fingerprint density at radius 3 is 2.73 bits per heavy atom. The normalized spacial score (nSPS) is 17.4. The summed E-state index contributed by atoms with van der Waals surface area (Å²) in [4.78, 5) is 39.6. The zero-order chi connectivity index (χ0) is 18.7. The average Bonchev–Trinajstić information content (AvgIpc) is 3.08. The molecule has 2 heterocycles. The standard InChI is InChI=1S/C18H23N5O3/c1-13(24)22-10-9-21(12-16(22)18(26)19-2)17(25)7-8-23-15-6-4-3-5-14(15)11-20-23/h3-6,11,16H,7-10,12H2,1-2H3,(H,19,26)/t16-/m0/s1. The van der Waals surface area contributed by atoms with Crippen molar-refractivity contribution in [2.45, 2.75) is 25.9 Å². The number of amides is 3. The molecule has 8 heteroatoms. The van der Waals surface area contributed by atoms with E-state index in [0.717, 1.165) is 10.9 Å². The molecule has 1 aliphatic rings. The van der Waals surface area contributed by atoms with Crippen molar-refractivity contribution in [1.82, 2.24) is 24.9 Å². The second-order valence-corrected chi connectivity index (χ2v) is 6.36. The predicted molar refractivity (Wildman–Crippen MR) is 96.2 cm³/mol. The van der Waals surface area contributed by atoms with Crippen LogP contribution in [0.15, 0.2) is 30.5 Å². The number of fused-ring (bicyclic) bond motifs is 1. The number of nitrogens with one attached hydrogen (secondary N) is 1. The first kappa shape index (κ1) is 17.9. The molecular weight excluding hydrogens is 334 g/mol. The lowest BCUT2D eigenvalue weighted by Crippen LogP contribution is -2.60. The van der Waals surface area contributed by atoms with Crippen LogP contribution >= 0.6 is 0 Å². The minimum absolute atomic E-state index is 0.0401. The number of hydrogen-bond donors (Lipinski definition) is 1. The Kier molecular flexibility index (Phi) is 5.20. The quantitative estimate of drug-likeness (QED) is 0.849. The number of piperazine rings is 1. The highest BCUT2D eigenvalue weighted by atomic mass is 16.2. The van der Waals surface area contributed by atoms with E-state index in [1.807, 2.05) is 28.9 Å². The highest BCUT2D eigenvalue weighted by Crippen LogP contribution is 2.15. The molecule has 0 aliphatic carbocycles. The summed E-state index contributed by atoms with van der Waals surface area (Å²) in [7, 11) is 1.53. The van der Waals surface area contributed by atoms with Gasteiger partial charge in [-0.2, -0.15) is 5.10 Å². The van der Waals surface area contributed by atoms with Crippen LogP contribution in [0.5, 0.6) is 0 Å². The van der Waals surface area contributed by atoms with Gasteiger partial charge in [0.2, 0.25) is 17.7 Å². The van der Waals surface area contributed by atoms with E-state index in [1.165, 1.54) is 18.9 Å². The highest BCUT2D eigenvalue weighted by molar-refractivity contribution is 5.88. The van der Waals surface area contributed by atoms with Crippen molar-refractivity contribution >= 4 is 28.6 Å². The first-order chi connectivity index (χ1) is 12.5. The molecule has 1 fully saturated rings. The molecule has 0 unspecified atom stereocenters. The van der Waals surface area contributed by atoms with Crippen LogP contribution in [0.1, 0.15) is 13.3 Å². The third-order valence-electron chi connectivity index (χ3n) is 4.78. The molecule has 1 atom stereocenters. The number of carbonyl (C=O) groups is 3. The molecule has 0 bridgehead atoms. The van der Waals surface area contributed by atoms with E-state index < -0.39 is 6.04 Å². The van der Waals surface area contributed by atoms with Gasteiger partial charge in [0.25, 0.3) is 0 Å².